The zero-order chi connectivity index (χ0) is 37.7. The minimum absolute atomic E-state index is 0.878. The van der Waals surface area contributed by atoms with Gasteiger partial charge in [-0.05, 0) is 105 Å². The van der Waals surface area contributed by atoms with Gasteiger partial charge in [0.15, 0.2) is 0 Å². The first-order valence-corrected chi connectivity index (χ1v) is 20.1. The highest BCUT2D eigenvalue weighted by molar-refractivity contribution is 7.26. The number of anilines is 3. The average Bonchev–Trinajstić information content (AvgIpc) is 3.86. The number of rotatable bonds is 7. The van der Waals surface area contributed by atoms with Gasteiger partial charge in [-0.3, -0.25) is 0 Å². The predicted molar refractivity (Wildman–Crippen MR) is 243 cm³/mol. The molecule has 2 aromatic heterocycles. The molecule has 0 spiro atoms. The average molecular weight is 746 g/mol. The van der Waals surface area contributed by atoms with Crippen molar-refractivity contribution < 1.29 is 4.42 Å². The Labute approximate surface area is 335 Å². The first kappa shape index (κ1) is 33.2. The quantitative estimate of drug-likeness (QED) is 0.162. The van der Waals surface area contributed by atoms with Gasteiger partial charge in [-0.15, -0.1) is 11.3 Å². The van der Waals surface area contributed by atoms with Crippen molar-refractivity contribution in [3.05, 3.63) is 212 Å². The molecular formula is C54H35NOS. The van der Waals surface area contributed by atoms with Gasteiger partial charge >= 0.3 is 0 Å². The zero-order valence-electron chi connectivity index (χ0n) is 31.0. The highest BCUT2D eigenvalue weighted by Gasteiger charge is 2.20. The number of para-hydroxylation sites is 1. The second-order valence-corrected chi connectivity index (χ2v) is 15.5. The molecule has 3 heteroatoms. The molecule has 0 aliphatic rings. The van der Waals surface area contributed by atoms with E-state index in [2.05, 4.69) is 205 Å². The maximum absolute atomic E-state index is 6.31. The lowest BCUT2D eigenvalue weighted by Crippen LogP contribution is -2.10. The van der Waals surface area contributed by atoms with Crippen LogP contribution in [0.3, 0.4) is 0 Å². The van der Waals surface area contributed by atoms with E-state index in [-0.39, 0.29) is 0 Å². The number of nitrogens with zero attached hydrogens (tertiary/aromatic N) is 1. The summed E-state index contributed by atoms with van der Waals surface area (Å²) in [4.78, 5) is 2.40. The summed E-state index contributed by atoms with van der Waals surface area (Å²) in [5, 5.41) is 4.79. The van der Waals surface area contributed by atoms with Crippen LogP contribution in [0.4, 0.5) is 17.1 Å². The van der Waals surface area contributed by atoms with Crippen LogP contribution in [0.5, 0.6) is 0 Å². The van der Waals surface area contributed by atoms with Crippen LogP contribution in [0, 0.1) is 0 Å². The smallest absolute Gasteiger partial charge is 0.135 e. The van der Waals surface area contributed by atoms with Crippen molar-refractivity contribution >= 4 is 70.5 Å². The van der Waals surface area contributed by atoms with Gasteiger partial charge in [0.1, 0.15) is 11.2 Å². The van der Waals surface area contributed by atoms with E-state index in [0.29, 0.717) is 0 Å². The molecule has 0 saturated heterocycles. The minimum atomic E-state index is 0.878. The van der Waals surface area contributed by atoms with Crippen molar-refractivity contribution in [2.24, 2.45) is 0 Å². The molecule has 11 rings (SSSR count). The van der Waals surface area contributed by atoms with Crippen LogP contribution in [0.2, 0.25) is 0 Å². The van der Waals surface area contributed by atoms with E-state index in [1.807, 2.05) is 23.5 Å². The Balaban J connectivity index is 1.13. The van der Waals surface area contributed by atoms with Gasteiger partial charge in [0.2, 0.25) is 0 Å². The number of thiophene rings is 1. The van der Waals surface area contributed by atoms with Gasteiger partial charge in [-0.2, -0.15) is 0 Å². The maximum Gasteiger partial charge on any atom is 0.135 e. The lowest BCUT2D eigenvalue weighted by molar-refractivity contribution is 0.669. The van der Waals surface area contributed by atoms with Crippen LogP contribution in [0.25, 0.3) is 86.6 Å². The summed E-state index contributed by atoms with van der Waals surface area (Å²) in [6.07, 6.45) is 0. The monoisotopic (exact) mass is 745 g/mol. The first-order chi connectivity index (χ1) is 28.2. The molecule has 2 heterocycles. The van der Waals surface area contributed by atoms with Gasteiger partial charge < -0.3 is 9.32 Å². The highest BCUT2D eigenvalue weighted by Crippen LogP contribution is 2.45. The van der Waals surface area contributed by atoms with Crippen molar-refractivity contribution in [3.8, 4) is 44.5 Å². The Bertz CT molecular complexity index is 3230. The van der Waals surface area contributed by atoms with Crippen LogP contribution in [-0.4, -0.2) is 0 Å². The lowest BCUT2D eigenvalue weighted by Gasteiger charge is -2.27. The second kappa shape index (κ2) is 13.8. The van der Waals surface area contributed by atoms with Crippen molar-refractivity contribution in [2.45, 2.75) is 0 Å². The second-order valence-electron chi connectivity index (χ2n) is 14.5. The highest BCUT2D eigenvalue weighted by atomic mass is 32.1. The molecule has 0 amide bonds. The molecule has 0 saturated carbocycles. The number of furan rings is 1. The van der Waals surface area contributed by atoms with E-state index < -0.39 is 0 Å². The number of hydrogen-bond acceptors (Lipinski definition) is 3. The van der Waals surface area contributed by atoms with Crippen LogP contribution in [0.1, 0.15) is 0 Å². The maximum atomic E-state index is 6.31. The summed E-state index contributed by atoms with van der Waals surface area (Å²) < 4.78 is 8.91. The Morgan fingerprint density at radius 3 is 1.68 bits per heavy atom. The van der Waals surface area contributed by atoms with Gasteiger partial charge in [0.05, 0.1) is 0 Å². The van der Waals surface area contributed by atoms with Crippen LogP contribution >= 0.6 is 11.3 Å². The predicted octanol–water partition coefficient (Wildman–Crippen LogP) is 16.1. The third-order valence-electron chi connectivity index (χ3n) is 11.1. The molecule has 11 aromatic rings. The summed E-state index contributed by atoms with van der Waals surface area (Å²) in [6, 6.07) is 76.5. The van der Waals surface area contributed by atoms with Gasteiger partial charge in [-0.1, -0.05) is 152 Å². The largest absolute Gasteiger partial charge is 0.456 e. The summed E-state index contributed by atoms with van der Waals surface area (Å²) in [5.74, 6) is 0. The van der Waals surface area contributed by atoms with Crippen LogP contribution in [-0.2, 0) is 0 Å². The van der Waals surface area contributed by atoms with Gasteiger partial charge in [-0.25, -0.2) is 0 Å². The van der Waals surface area contributed by atoms with Gasteiger partial charge in [0, 0.05) is 48.0 Å². The fourth-order valence-electron chi connectivity index (χ4n) is 8.36. The topological polar surface area (TPSA) is 16.4 Å². The molecule has 0 atom stereocenters. The third kappa shape index (κ3) is 5.88. The van der Waals surface area contributed by atoms with E-state index in [0.717, 1.165) is 44.6 Å². The Kier molecular flexibility index (Phi) is 8.04. The SMILES string of the molecule is c1ccc(-c2cc(-c3cccc4c3sc3ccccc34)cc(N(c3ccc(-c4ccccc4-c4ccccc4)cc3)c3ccc4oc5ccccc5c4c3)c2)cc1. The number of fused-ring (bicyclic) bond motifs is 6. The summed E-state index contributed by atoms with van der Waals surface area (Å²) in [5.41, 5.74) is 14.5. The zero-order valence-corrected chi connectivity index (χ0v) is 31.8. The van der Waals surface area contributed by atoms with Crippen LogP contribution < -0.4 is 4.90 Å². The molecule has 0 radical (unpaired) electrons. The fourth-order valence-corrected chi connectivity index (χ4v) is 9.60. The Morgan fingerprint density at radius 2 is 0.895 bits per heavy atom. The minimum Gasteiger partial charge on any atom is -0.456 e. The van der Waals surface area contributed by atoms with Crippen molar-refractivity contribution in [3.63, 3.8) is 0 Å². The molecule has 0 bridgehead atoms. The molecule has 268 valence electrons. The standard InChI is InChI=1S/C54H35NOS/c1-3-14-36(15-4-1)39-32-40(46-22-13-23-49-48-21-10-12-25-53(48)57-54(46)49)34-43(33-39)55(42-30-31-52-50(35-42)47-20-9-11-24-51(47)56-52)41-28-26-38(27-29-41)45-19-8-7-18-44(45)37-16-5-2-6-17-37/h1-35H. The van der Waals surface area contributed by atoms with Crippen molar-refractivity contribution in [1.82, 2.24) is 0 Å². The summed E-state index contributed by atoms with van der Waals surface area (Å²) in [6.45, 7) is 0. The summed E-state index contributed by atoms with van der Waals surface area (Å²) in [7, 11) is 0. The third-order valence-corrected chi connectivity index (χ3v) is 12.3. The number of hydrogen-bond donors (Lipinski definition) is 0. The molecule has 0 aliphatic carbocycles. The molecular weight excluding hydrogens is 711 g/mol. The molecule has 0 aliphatic heterocycles. The van der Waals surface area contributed by atoms with Crippen LogP contribution in [0.15, 0.2) is 217 Å². The van der Waals surface area contributed by atoms with Gasteiger partial charge in [0.25, 0.3) is 0 Å². The van der Waals surface area contributed by atoms with Crippen molar-refractivity contribution in [1.29, 1.82) is 0 Å². The van der Waals surface area contributed by atoms with E-state index in [4.69, 9.17) is 4.42 Å². The normalized spacial score (nSPS) is 11.5. The van der Waals surface area contributed by atoms with Crippen molar-refractivity contribution in [2.75, 3.05) is 4.90 Å². The molecule has 0 N–H and O–H groups in total. The van der Waals surface area contributed by atoms with E-state index >= 15 is 0 Å². The first-order valence-electron chi connectivity index (χ1n) is 19.3. The van der Waals surface area contributed by atoms with E-state index in [9.17, 15) is 0 Å². The Morgan fingerprint density at radius 1 is 0.316 bits per heavy atom. The molecule has 0 unspecified atom stereocenters. The fraction of sp³-hybridized carbons (Fsp3) is 0. The van der Waals surface area contributed by atoms with E-state index in [1.165, 1.54) is 59.1 Å². The molecule has 57 heavy (non-hydrogen) atoms. The van der Waals surface area contributed by atoms with E-state index in [1.54, 1.807) is 0 Å². The molecule has 0 fully saturated rings. The lowest BCUT2D eigenvalue weighted by atomic mass is 9.94. The Hall–Kier alpha value is -7.20. The molecule has 2 nitrogen and oxygen atoms in total. The summed E-state index contributed by atoms with van der Waals surface area (Å²) >= 11 is 1.87. The molecule has 9 aromatic carbocycles. The number of benzene rings is 9.